The normalized spacial score (nSPS) is 13.8. The van der Waals surface area contributed by atoms with Gasteiger partial charge in [0.1, 0.15) is 0 Å². The highest BCUT2D eigenvalue weighted by Gasteiger charge is 2.14. The van der Waals surface area contributed by atoms with Crippen molar-refractivity contribution >= 4 is 0 Å². The fourth-order valence-corrected chi connectivity index (χ4v) is 1.89. The molecular weight excluding hydrogens is 224 g/mol. The van der Waals surface area contributed by atoms with Crippen molar-refractivity contribution in [3.05, 3.63) is 18.2 Å². The molecule has 18 heavy (non-hydrogen) atoms. The zero-order valence-electron chi connectivity index (χ0n) is 12.4. The van der Waals surface area contributed by atoms with E-state index in [9.17, 15) is 0 Å². The lowest BCUT2D eigenvalue weighted by Gasteiger charge is -2.22. The van der Waals surface area contributed by atoms with Crippen LogP contribution in [0.4, 0.5) is 0 Å². The summed E-state index contributed by atoms with van der Waals surface area (Å²) in [5.74, 6) is 0.443. The molecular formula is C14H28N4. The molecule has 1 unspecified atom stereocenters. The highest BCUT2D eigenvalue weighted by Crippen LogP contribution is 2.18. The number of nitrogens with two attached hydrogens (primary N) is 1. The molecule has 0 amide bonds. The Bertz CT molecular complexity index is 343. The highest BCUT2D eigenvalue weighted by atomic mass is 15.1. The average Bonchev–Trinajstić information content (AvgIpc) is 2.75. The molecule has 1 aromatic heterocycles. The summed E-state index contributed by atoms with van der Waals surface area (Å²) >= 11 is 0. The van der Waals surface area contributed by atoms with Crippen LogP contribution < -0.4 is 5.73 Å². The van der Waals surface area contributed by atoms with Crippen LogP contribution in [0.25, 0.3) is 0 Å². The van der Waals surface area contributed by atoms with E-state index in [0.29, 0.717) is 12.0 Å². The maximum Gasteiger partial charge on any atom is 0.0948 e. The van der Waals surface area contributed by atoms with Crippen LogP contribution >= 0.6 is 0 Å². The molecule has 1 atom stereocenters. The Kier molecular flexibility index (Phi) is 5.82. The fourth-order valence-electron chi connectivity index (χ4n) is 1.89. The van der Waals surface area contributed by atoms with Crippen molar-refractivity contribution < 1.29 is 0 Å². The molecule has 0 aliphatic heterocycles. The minimum absolute atomic E-state index is 0.0790. The number of aromatic nitrogens is 2. The molecule has 0 aliphatic carbocycles. The molecule has 0 aliphatic rings. The molecule has 0 saturated carbocycles. The van der Waals surface area contributed by atoms with Crippen molar-refractivity contribution in [1.82, 2.24) is 14.5 Å². The van der Waals surface area contributed by atoms with Gasteiger partial charge in [-0.2, -0.15) is 0 Å². The number of imidazole rings is 1. The number of nitrogens with zero attached hydrogens (tertiary/aromatic N) is 3. The summed E-state index contributed by atoms with van der Waals surface area (Å²) in [6.45, 7) is 10.8. The van der Waals surface area contributed by atoms with E-state index >= 15 is 0 Å². The van der Waals surface area contributed by atoms with Crippen molar-refractivity contribution in [3.63, 3.8) is 0 Å². The quantitative estimate of drug-likeness (QED) is 0.810. The zero-order chi connectivity index (χ0) is 13.7. The second kappa shape index (κ2) is 6.90. The summed E-state index contributed by atoms with van der Waals surface area (Å²) in [4.78, 5) is 6.59. The van der Waals surface area contributed by atoms with Gasteiger partial charge in [-0.05, 0) is 39.8 Å². The lowest BCUT2D eigenvalue weighted by atomic mass is 10.0. The van der Waals surface area contributed by atoms with Crippen LogP contribution in [0.2, 0.25) is 0 Å². The van der Waals surface area contributed by atoms with Crippen molar-refractivity contribution in [2.24, 2.45) is 11.7 Å². The molecule has 104 valence electrons. The number of hydrogen-bond acceptors (Lipinski definition) is 3. The number of rotatable bonds is 7. The Morgan fingerprint density at radius 3 is 2.56 bits per heavy atom. The van der Waals surface area contributed by atoms with Crippen molar-refractivity contribution in [3.8, 4) is 0 Å². The maximum atomic E-state index is 6.19. The van der Waals surface area contributed by atoms with Crippen molar-refractivity contribution in [1.29, 1.82) is 0 Å². The van der Waals surface area contributed by atoms with E-state index in [1.54, 1.807) is 0 Å². The number of hydrogen-bond donors (Lipinski definition) is 1. The zero-order valence-corrected chi connectivity index (χ0v) is 12.4. The minimum atomic E-state index is 0.0790. The molecule has 0 bridgehead atoms. The van der Waals surface area contributed by atoms with E-state index in [0.717, 1.165) is 25.2 Å². The van der Waals surface area contributed by atoms with Gasteiger partial charge in [0.25, 0.3) is 0 Å². The predicted octanol–water partition coefficient (Wildman–Crippen LogP) is 2.27. The van der Waals surface area contributed by atoms with Gasteiger partial charge in [-0.25, -0.2) is 4.98 Å². The predicted molar refractivity (Wildman–Crippen MR) is 76.4 cm³/mol. The van der Waals surface area contributed by atoms with Gasteiger partial charge in [0.05, 0.1) is 12.0 Å². The van der Waals surface area contributed by atoms with E-state index < -0.39 is 0 Å². The SMILES string of the molecule is CC(C)C(N)c1cncn1CCCN(C)C(C)C. The van der Waals surface area contributed by atoms with Gasteiger partial charge in [-0.15, -0.1) is 0 Å². The fraction of sp³-hybridized carbons (Fsp3) is 0.786. The third kappa shape index (κ3) is 4.10. The first kappa shape index (κ1) is 15.2. The van der Waals surface area contributed by atoms with Crippen LogP contribution in [0.1, 0.15) is 45.9 Å². The minimum Gasteiger partial charge on any atom is -0.333 e. The molecule has 4 nitrogen and oxygen atoms in total. The van der Waals surface area contributed by atoms with Gasteiger partial charge >= 0.3 is 0 Å². The maximum absolute atomic E-state index is 6.19. The molecule has 0 fully saturated rings. The summed E-state index contributed by atoms with van der Waals surface area (Å²) in [7, 11) is 2.17. The summed E-state index contributed by atoms with van der Waals surface area (Å²) in [5.41, 5.74) is 7.34. The molecule has 1 aromatic rings. The monoisotopic (exact) mass is 252 g/mol. The van der Waals surface area contributed by atoms with Gasteiger partial charge in [-0.3, -0.25) is 0 Å². The van der Waals surface area contributed by atoms with Crippen LogP contribution in [-0.2, 0) is 6.54 Å². The van der Waals surface area contributed by atoms with E-state index in [4.69, 9.17) is 5.73 Å². The van der Waals surface area contributed by atoms with Gasteiger partial charge in [-0.1, -0.05) is 13.8 Å². The van der Waals surface area contributed by atoms with Crippen molar-refractivity contribution in [2.75, 3.05) is 13.6 Å². The Morgan fingerprint density at radius 2 is 2.00 bits per heavy atom. The van der Waals surface area contributed by atoms with Gasteiger partial charge < -0.3 is 15.2 Å². The second-order valence-corrected chi connectivity index (χ2v) is 5.71. The van der Waals surface area contributed by atoms with E-state index in [2.05, 4.69) is 49.2 Å². The van der Waals surface area contributed by atoms with E-state index in [-0.39, 0.29) is 6.04 Å². The molecule has 0 aromatic carbocycles. The lowest BCUT2D eigenvalue weighted by Crippen LogP contribution is -2.28. The molecule has 0 radical (unpaired) electrons. The van der Waals surface area contributed by atoms with E-state index in [1.165, 1.54) is 0 Å². The van der Waals surface area contributed by atoms with Crippen LogP contribution in [0.3, 0.4) is 0 Å². The summed E-state index contributed by atoms with van der Waals surface area (Å²) in [5, 5.41) is 0. The average molecular weight is 252 g/mol. The molecule has 2 N–H and O–H groups in total. The lowest BCUT2D eigenvalue weighted by molar-refractivity contribution is 0.264. The van der Waals surface area contributed by atoms with Crippen molar-refractivity contribution in [2.45, 2.75) is 52.7 Å². The van der Waals surface area contributed by atoms with E-state index in [1.807, 2.05) is 12.5 Å². The Labute approximate surface area is 111 Å². The molecule has 1 rings (SSSR count). The Morgan fingerprint density at radius 1 is 1.33 bits per heavy atom. The first-order valence-electron chi connectivity index (χ1n) is 6.89. The molecule has 4 heteroatoms. The van der Waals surface area contributed by atoms with Crippen LogP contribution in [0, 0.1) is 5.92 Å². The summed E-state index contributed by atoms with van der Waals surface area (Å²) in [6, 6.07) is 0.681. The standard InChI is InChI=1S/C14H28N4/c1-11(2)14(15)13-9-16-10-18(13)8-6-7-17(5)12(3)4/h9-12,14H,6-8,15H2,1-5H3. The van der Waals surface area contributed by atoms with Crippen LogP contribution in [0.5, 0.6) is 0 Å². The largest absolute Gasteiger partial charge is 0.333 e. The highest BCUT2D eigenvalue weighted by molar-refractivity contribution is 5.05. The van der Waals surface area contributed by atoms with Gasteiger partial charge in [0, 0.05) is 24.8 Å². The first-order chi connectivity index (χ1) is 8.43. The second-order valence-electron chi connectivity index (χ2n) is 5.71. The Balaban J connectivity index is 2.51. The third-order valence-corrected chi connectivity index (χ3v) is 3.60. The summed E-state index contributed by atoms with van der Waals surface area (Å²) < 4.78 is 2.19. The topological polar surface area (TPSA) is 47.1 Å². The van der Waals surface area contributed by atoms with Crippen LogP contribution in [-0.4, -0.2) is 34.1 Å². The van der Waals surface area contributed by atoms with Gasteiger partial charge in [0.2, 0.25) is 0 Å². The molecule has 0 saturated heterocycles. The molecule has 0 spiro atoms. The summed E-state index contributed by atoms with van der Waals surface area (Å²) in [6.07, 6.45) is 4.92. The third-order valence-electron chi connectivity index (χ3n) is 3.60. The number of aryl methyl sites for hydroxylation is 1. The molecule has 1 heterocycles. The smallest absolute Gasteiger partial charge is 0.0948 e. The van der Waals surface area contributed by atoms with Gasteiger partial charge in [0.15, 0.2) is 0 Å². The first-order valence-corrected chi connectivity index (χ1v) is 6.89. The Hall–Kier alpha value is -0.870. The van der Waals surface area contributed by atoms with Crippen LogP contribution in [0.15, 0.2) is 12.5 Å².